The Kier molecular flexibility index (Phi) is 27.4. The second kappa shape index (κ2) is 28.1. The molecule has 0 heterocycles. The summed E-state index contributed by atoms with van der Waals surface area (Å²) < 4.78 is 52.3. The van der Waals surface area contributed by atoms with Gasteiger partial charge in [0.1, 0.15) is 6.61 Å². The third-order valence-electron chi connectivity index (χ3n) is 3.56. The molecule has 0 unspecified atom stereocenters. The van der Waals surface area contributed by atoms with E-state index in [1.807, 2.05) is 0 Å². The molecule has 0 aliphatic rings. The summed E-state index contributed by atoms with van der Waals surface area (Å²) in [6, 6.07) is 0. The molecule has 11 heteroatoms. The van der Waals surface area contributed by atoms with Gasteiger partial charge < -0.3 is 47.4 Å². The zero-order valence-electron chi connectivity index (χ0n) is 19.7. The molecule has 0 saturated heterocycles. The maximum atomic E-state index is 11.0. The molecule has 0 aliphatic heterocycles. The Morgan fingerprint density at radius 2 is 0.750 bits per heavy atom. The molecule has 0 amide bonds. The van der Waals surface area contributed by atoms with Gasteiger partial charge in [0.15, 0.2) is 0 Å². The van der Waals surface area contributed by atoms with Crippen molar-refractivity contribution in [1.82, 2.24) is 0 Å². The molecule has 0 saturated carbocycles. The van der Waals surface area contributed by atoms with E-state index in [1.54, 1.807) is 14.0 Å². The van der Waals surface area contributed by atoms with Crippen LogP contribution in [0.25, 0.3) is 0 Å². The summed E-state index contributed by atoms with van der Waals surface area (Å²) in [5.74, 6) is -0.368. The molecule has 0 aliphatic carbocycles. The first-order valence-corrected chi connectivity index (χ1v) is 11.1. The van der Waals surface area contributed by atoms with Gasteiger partial charge in [0.2, 0.25) is 0 Å². The van der Waals surface area contributed by atoms with Crippen molar-refractivity contribution in [3.63, 3.8) is 0 Å². The minimum Gasteiger partial charge on any atom is -0.464 e. The largest absolute Gasteiger partial charge is 0.464 e. The Bertz CT molecular complexity index is 372. The van der Waals surface area contributed by atoms with Crippen LogP contribution in [-0.4, -0.2) is 132 Å². The monoisotopic (exact) mass is 470 g/mol. The zero-order chi connectivity index (χ0) is 23.4. The van der Waals surface area contributed by atoms with Gasteiger partial charge in [-0.2, -0.15) is 0 Å². The van der Waals surface area contributed by atoms with Crippen molar-refractivity contribution in [2.24, 2.45) is 0 Å². The standard InChI is InChI=1S/C21H42O11/c1-3-32-21(22)20-31-19-18-30-17-16-29-15-14-28-13-12-27-11-10-26-9-8-25-7-6-24-5-4-23-2/h3-20H2,1-2H3. The lowest BCUT2D eigenvalue weighted by Crippen LogP contribution is -2.16. The van der Waals surface area contributed by atoms with Crippen LogP contribution in [0.3, 0.4) is 0 Å². The molecule has 192 valence electrons. The molecule has 0 radical (unpaired) electrons. The summed E-state index contributed by atoms with van der Waals surface area (Å²) in [5.41, 5.74) is 0. The Hall–Kier alpha value is -0.890. The fourth-order valence-corrected chi connectivity index (χ4v) is 2.04. The zero-order valence-corrected chi connectivity index (χ0v) is 19.7. The maximum Gasteiger partial charge on any atom is 0.332 e. The Morgan fingerprint density at radius 3 is 1.03 bits per heavy atom. The molecule has 0 bridgehead atoms. The molecular weight excluding hydrogens is 428 g/mol. The smallest absolute Gasteiger partial charge is 0.332 e. The second-order valence-electron chi connectivity index (χ2n) is 6.14. The molecule has 32 heavy (non-hydrogen) atoms. The minimum absolute atomic E-state index is 0.0523. The van der Waals surface area contributed by atoms with E-state index in [0.29, 0.717) is 112 Å². The van der Waals surface area contributed by atoms with Crippen molar-refractivity contribution in [2.75, 3.05) is 126 Å². The van der Waals surface area contributed by atoms with E-state index in [4.69, 9.17) is 47.4 Å². The average Bonchev–Trinajstić information content (AvgIpc) is 2.79. The second-order valence-corrected chi connectivity index (χ2v) is 6.14. The molecule has 0 aromatic carbocycles. The molecule has 0 fully saturated rings. The molecule has 0 spiro atoms. The molecule has 0 aromatic rings. The van der Waals surface area contributed by atoms with Crippen molar-refractivity contribution >= 4 is 5.97 Å². The fraction of sp³-hybridized carbons (Fsp3) is 0.952. The van der Waals surface area contributed by atoms with Gasteiger partial charge in [0.05, 0.1) is 112 Å². The number of carbonyl (C=O) groups excluding carboxylic acids is 1. The van der Waals surface area contributed by atoms with Crippen molar-refractivity contribution in [2.45, 2.75) is 6.92 Å². The highest BCUT2D eigenvalue weighted by Crippen LogP contribution is 1.86. The number of hydrogen-bond donors (Lipinski definition) is 0. The molecular formula is C21H42O11. The van der Waals surface area contributed by atoms with E-state index in [0.717, 1.165) is 0 Å². The van der Waals surface area contributed by atoms with Crippen LogP contribution >= 0.6 is 0 Å². The summed E-state index contributed by atoms with van der Waals surface area (Å²) >= 11 is 0. The van der Waals surface area contributed by atoms with E-state index in [-0.39, 0.29) is 12.6 Å². The van der Waals surface area contributed by atoms with Crippen LogP contribution in [0.5, 0.6) is 0 Å². The summed E-state index contributed by atoms with van der Waals surface area (Å²) in [4.78, 5) is 11.0. The van der Waals surface area contributed by atoms with E-state index >= 15 is 0 Å². The van der Waals surface area contributed by atoms with Crippen LogP contribution in [0, 0.1) is 0 Å². The lowest BCUT2D eigenvalue weighted by molar-refractivity contribution is -0.149. The topological polar surface area (TPSA) is 109 Å². The van der Waals surface area contributed by atoms with Crippen molar-refractivity contribution in [3.05, 3.63) is 0 Å². The first-order valence-electron chi connectivity index (χ1n) is 11.1. The van der Waals surface area contributed by atoms with Gasteiger partial charge in [-0.1, -0.05) is 0 Å². The first kappa shape index (κ1) is 31.1. The lowest BCUT2D eigenvalue weighted by atomic mass is 10.6. The third kappa shape index (κ3) is 27.1. The van der Waals surface area contributed by atoms with Gasteiger partial charge >= 0.3 is 5.97 Å². The Morgan fingerprint density at radius 1 is 0.469 bits per heavy atom. The average molecular weight is 471 g/mol. The van der Waals surface area contributed by atoms with E-state index < -0.39 is 0 Å². The Balaban J connectivity index is 3.03. The van der Waals surface area contributed by atoms with Crippen molar-refractivity contribution < 1.29 is 52.2 Å². The number of esters is 1. The van der Waals surface area contributed by atoms with Gasteiger partial charge in [-0.25, -0.2) is 4.79 Å². The predicted octanol–water partition coefficient (Wildman–Crippen LogP) is 0.329. The summed E-state index contributed by atoms with van der Waals surface area (Å²) in [6.45, 7) is 10.1. The summed E-state index contributed by atoms with van der Waals surface area (Å²) in [7, 11) is 1.64. The molecule has 0 atom stereocenters. The lowest BCUT2D eigenvalue weighted by Gasteiger charge is -2.08. The van der Waals surface area contributed by atoms with Crippen LogP contribution in [0.4, 0.5) is 0 Å². The van der Waals surface area contributed by atoms with E-state index in [2.05, 4.69) is 0 Å². The van der Waals surface area contributed by atoms with E-state index in [1.165, 1.54) is 0 Å². The first-order chi connectivity index (χ1) is 15.8. The summed E-state index contributed by atoms with van der Waals surface area (Å²) in [5, 5.41) is 0. The number of carbonyl (C=O) groups is 1. The highest BCUT2D eigenvalue weighted by molar-refractivity contribution is 5.70. The number of rotatable bonds is 27. The summed E-state index contributed by atoms with van der Waals surface area (Å²) in [6.07, 6.45) is 0. The van der Waals surface area contributed by atoms with E-state index in [9.17, 15) is 4.79 Å². The van der Waals surface area contributed by atoms with Crippen LogP contribution < -0.4 is 0 Å². The quantitative estimate of drug-likeness (QED) is 0.122. The number of ether oxygens (including phenoxy) is 10. The Labute approximate surface area is 191 Å². The van der Waals surface area contributed by atoms with Gasteiger partial charge in [0.25, 0.3) is 0 Å². The van der Waals surface area contributed by atoms with Crippen LogP contribution in [-0.2, 0) is 52.2 Å². The molecule has 0 rings (SSSR count). The van der Waals surface area contributed by atoms with Crippen molar-refractivity contribution in [1.29, 1.82) is 0 Å². The minimum atomic E-state index is -0.368. The SMILES string of the molecule is CCOC(=O)COCCOCCOCCOCCOCCOCCOCCOCCOC. The maximum absolute atomic E-state index is 11.0. The number of hydrogen-bond acceptors (Lipinski definition) is 11. The predicted molar refractivity (Wildman–Crippen MR) is 115 cm³/mol. The van der Waals surface area contributed by atoms with Crippen LogP contribution in [0.15, 0.2) is 0 Å². The van der Waals surface area contributed by atoms with Gasteiger partial charge in [-0.15, -0.1) is 0 Å². The molecule has 0 aromatic heterocycles. The fourth-order valence-electron chi connectivity index (χ4n) is 2.04. The van der Waals surface area contributed by atoms with Gasteiger partial charge in [-0.3, -0.25) is 0 Å². The van der Waals surface area contributed by atoms with Crippen LogP contribution in [0.1, 0.15) is 6.92 Å². The third-order valence-corrected chi connectivity index (χ3v) is 3.56. The normalized spacial score (nSPS) is 11.2. The van der Waals surface area contributed by atoms with Gasteiger partial charge in [0, 0.05) is 7.11 Å². The van der Waals surface area contributed by atoms with Crippen LogP contribution in [0.2, 0.25) is 0 Å². The molecule has 0 N–H and O–H groups in total. The highest BCUT2D eigenvalue weighted by atomic mass is 16.6. The van der Waals surface area contributed by atoms with Crippen molar-refractivity contribution in [3.8, 4) is 0 Å². The molecule has 11 nitrogen and oxygen atoms in total. The van der Waals surface area contributed by atoms with Gasteiger partial charge in [-0.05, 0) is 6.92 Å². The number of methoxy groups -OCH3 is 1. The highest BCUT2D eigenvalue weighted by Gasteiger charge is 2.00.